The summed E-state index contributed by atoms with van der Waals surface area (Å²) in [4.78, 5) is 0. The van der Waals surface area contributed by atoms with E-state index in [4.69, 9.17) is 0 Å². The predicted octanol–water partition coefficient (Wildman–Crippen LogP) is 3.93. The average molecular weight is 196 g/mol. The molecule has 0 unspecified atom stereocenters. The van der Waals surface area contributed by atoms with Gasteiger partial charge < -0.3 is 0 Å². The van der Waals surface area contributed by atoms with Crippen molar-refractivity contribution in [2.45, 2.75) is 32.6 Å². The molecule has 1 aliphatic carbocycles. The highest BCUT2D eigenvalue weighted by molar-refractivity contribution is 5.33. The molecule has 1 aromatic rings. The van der Waals surface area contributed by atoms with Crippen LogP contribution in [0.2, 0.25) is 0 Å². The van der Waals surface area contributed by atoms with E-state index >= 15 is 0 Å². The zero-order valence-electron chi connectivity index (χ0n) is 9.22. The monoisotopic (exact) mass is 196 g/mol. The van der Waals surface area contributed by atoms with Crippen LogP contribution in [-0.4, -0.2) is 0 Å². The molecule has 1 saturated carbocycles. The SMILES string of the molecule is CC(CCC#Cc1ccccc1)=C1CC1. The Morgan fingerprint density at radius 1 is 1.20 bits per heavy atom. The fourth-order valence-corrected chi connectivity index (χ4v) is 1.60. The first kappa shape index (κ1) is 10.1. The maximum absolute atomic E-state index is 3.23. The van der Waals surface area contributed by atoms with Crippen molar-refractivity contribution < 1.29 is 0 Å². The van der Waals surface area contributed by atoms with E-state index in [1.807, 2.05) is 18.2 Å². The lowest BCUT2D eigenvalue weighted by Gasteiger charge is -1.93. The Morgan fingerprint density at radius 3 is 2.60 bits per heavy atom. The van der Waals surface area contributed by atoms with Gasteiger partial charge in [0.1, 0.15) is 0 Å². The Labute approximate surface area is 92.0 Å². The summed E-state index contributed by atoms with van der Waals surface area (Å²) >= 11 is 0. The minimum Gasteiger partial charge on any atom is -0.0976 e. The third-order valence-electron chi connectivity index (χ3n) is 2.74. The van der Waals surface area contributed by atoms with Crippen molar-refractivity contribution in [2.24, 2.45) is 0 Å². The Bertz CT molecular complexity index is 406. The van der Waals surface area contributed by atoms with E-state index in [1.165, 1.54) is 12.8 Å². The van der Waals surface area contributed by atoms with Crippen LogP contribution in [0.1, 0.15) is 38.2 Å². The molecule has 0 heterocycles. The fourth-order valence-electron chi connectivity index (χ4n) is 1.60. The Morgan fingerprint density at radius 2 is 1.93 bits per heavy atom. The van der Waals surface area contributed by atoms with Crippen molar-refractivity contribution in [3.05, 3.63) is 47.0 Å². The first-order valence-electron chi connectivity index (χ1n) is 5.57. The first-order chi connectivity index (χ1) is 7.36. The minimum atomic E-state index is 0.990. The van der Waals surface area contributed by atoms with E-state index in [0.29, 0.717) is 0 Å². The third-order valence-corrected chi connectivity index (χ3v) is 2.74. The van der Waals surface area contributed by atoms with Crippen LogP contribution >= 0.6 is 0 Å². The number of benzene rings is 1. The van der Waals surface area contributed by atoms with Gasteiger partial charge in [-0.25, -0.2) is 0 Å². The third kappa shape index (κ3) is 3.29. The summed E-state index contributed by atoms with van der Waals surface area (Å²) in [6.45, 7) is 2.24. The summed E-state index contributed by atoms with van der Waals surface area (Å²) < 4.78 is 0. The van der Waals surface area contributed by atoms with Crippen molar-refractivity contribution >= 4 is 0 Å². The number of hydrogen-bond donors (Lipinski definition) is 0. The second-order valence-corrected chi connectivity index (χ2v) is 4.05. The van der Waals surface area contributed by atoms with Crippen LogP contribution in [0.25, 0.3) is 0 Å². The molecule has 1 aromatic carbocycles. The van der Waals surface area contributed by atoms with Crippen LogP contribution < -0.4 is 0 Å². The van der Waals surface area contributed by atoms with E-state index in [1.54, 1.807) is 11.1 Å². The molecule has 0 bridgehead atoms. The molecule has 0 atom stereocenters. The molecular formula is C15H16. The molecular weight excluding hydrogens is 180 g/mol. The van der Waals surface area contributed by atoms with Gasteiger partial charge in [-0.15, -0.1) is 0 Å². The van der Waals surface area contributed by atoms with Crippen molar-refractivity contribution in [3.8, 4) is 11.8 Å². The number of rotatable bonds is 2. The topological polar surface area (TPSA) is 0 Å². The molecule has 1 aliphatic rings. The summed E-state index contributed by atoms with van der Waals surface area (Å²) in [6.07, 6.45) is 4.80. The molecule has 15 heavy (non-hydrogen) atoms. The molecule has 0 aliphatic heterocycles. The van der Waals surface area contributed by atoms with Gasteiger partial charge in [0, 0.05) is 12.0 Å². The van der Waals surface area contributed by atoms with Crippen LogP contribution in [-0.2, 0) is 0 Å². The van der Waals surface area contributed by atoms with Crippen LogP contribution in [0, 0.1) is 11.8 Å². The Balaban J connectivity index is 1.83. The smallest absolute Gasteiger partial charge is 0.0245 e. The molecule has 76 valence electrons. The standard InChI is InChI=1S/C15H16/c1-13(15-11-12-15)7-5-6-10-14-8-3-2-4-9-14/h2-4,8-9H,5,7,11-12H2,1H3. The molecule has 2 rings (SSSR count). The fraction of sp³-hybridized carbons (Fsp3) is 0.333. The quantitative estimate of drug-likeness (QED) is 0.496. The van der Waals surface area contributed by atoms with Gasteiger partial charge in [-0.1, -0.05) is 41.2 Å². The summed E-state index contributed by atoms with van der Waals surface area (Å²) in [7, 11) is 0. The number of allylic oxidation sites excluding steroid dienone is 2. The first-order valence-corrected chi connectivity index (χ1v) is 5.57. The van der Waals surface area contributed by atoms with E-state index in [0.717, 1.165) is 18.4 Å². The maximum Gasteiger partial charge on any atom is 0.0245 e. The van der Waals surface area contributed by atoms with Gasteiger partial charge in [-0.05, 0) is 38.3 Å². The molecule has 0 spiro atoms. The van der Waals surface area contributed by atoms with E-state index < -0.39 is 0 Å². The van der Waals surface area contributed by atoms with Crippen LogP contribution in [0.15, 0.2) is 41.5 Å². The summed E-state index contributed by atoms with van der Waals surface area (Å²) in [5.41, 5.74) is 4.35. The summed E-state index contributed by atoms with van der Waals surface area (Å²) in [5, 5.41) is 0. The van der Waals surface area contributed by atoms with Gasteiger partial charge in [0.15, 0.2) is 0 Å². The largest absolute Gasteiger partial charge is 0.0976 e. The average Bonchev–Trinajstić information content (AvgIpc) is 3.09. The van der Waals surface area contributed by atoms with Gasteiger partial charge in [0.05, 0.1) is 0 Å². The summed E-state index contributed by atoms with van der Waals surface area (Å²) in [5.74, 6) is 6.42. The molecule has 0 radical (unpaired) electrons. The molecule has 0 amide bonds. The van der Waals surface area contributed by atoms with E-state index in [-0.39, 0.29) is 0 Å². The molecule has 0 heteroatoms. The minimum absolute atomic E-state index is 0.990. The lowest BCUT2D eigenvalue weighted by molar-refractivity contribution is 0.994. The summed E-state index contributed by atoms with van der Waals surface area (Å²) in [6, 6.07) is 10.2. The van der Waals surface area contributed by atoms with Crippen LogP contribution in [0.4, 0.5) is 0 Å². The van der Waals surface area contributed by atoms with Gasteiger partial charge in [-0.3, -0.25) is 0 Å². The highest BCUT2D eigenvalue weighted by atomic mass is 14.2. The second kappa shape index (κ2) is 4.84. The van der Waals surface area contributed by atoms with Gasteiger partial charge in [-0.2, -0.15) is 0 Å². The highest BCUT2D eigenvalue weighted by Gasteiger charge is 2.13. The van der Waals surface area contributed by atoms with Crippen LogP contribution in [0.3, 0.4) is 0 Å². The van der Waals surface area contributed by atoms with Gasteiger partial charge >= 0.3 is 0 Å². The normalized spacial score (nSPS) is 13.0. The zero-order valence-corrected chi connectivity index (χ0v) is 9.22. The van der Waals surface area contributed by atoms with Gasteiger partial charge in [0.25, 0.3) is 0 Å². The lowest BCUT2D eigenvalue weighted by Crippen LogP contribution is -1.76. The molecule has 0 aromatic heterocycles. The molecule has 1 fully saturated rings. The Hall–Kier alpha value is -1.48. The Kier molecular flexibility index (Phi) is 3.25. The van der Waals surface area contributed by atoms with Crippen molar-refractivity contribution in [1.82, 2.24) is 0 Å². The number of hydrogen-bond acceptors (Lipinski definition) is 0. The van der Waals surface area contributed by atoms with Gasteiger partial charge in [0.2, 0.25) is 0 Å². The van der Waals surface area contributed by atoms with E-state index in [2.05, 4.69) is 30.9 Å². The molecule has 0 saturated heterocycles. The second-order valence-electron chi connectivity index (χ2n) is 4.05. The van der Waals surface area contributed by atoms with Crippen LogP contribution in [0.5, 0.6) is 0 Å². The predicted molar refractivity (Wildman–Crippen MR) is 64.5 cm³/mol. The van der Waals surface area contributed by atoms with Crippen molar-refractivity contribution in [1.29, 1.82) is 0 Å². The van der Waals surface area contributed by atoms with Crippen molar-refractivity contribution in [3.63, 3.8) is 0 Å². The molecule has 0 nitrogen and oxygen atoms in total. The van der Waals surface area contributed by atoms with E-state index in [9.17, 15) is 0 Å². The lowest BCUT2D eigenvalue weighted by atomic mass is 10.1. The maximum atomic E-state index is 3.23. The highest BCUT2D eigenvalue weighted by Crippen LogP contribution is 2.32. The zero-order chi connectivity index (χ0) is 10.5. The molecule has 0 N–H and O–H groups in total. The van der Waals surface area contributed by atoms with Crippen molar-refractivity contribution in [2.75, 3.05) is 0 Å².